The molecule has 0 aliphatic carbocycles. The van der Waals surface area contributed by atoms with E-state index in [4.69, 9.17) is 17.0 Å². The van der Waals surface area contributed by atoms with Crippen molar-refractivity contribution in [2.24, 2.45) is 0 Å². The van der Waals surface area contributed by atoms with Gasteiger partial charge in [0, 0.05) is 6.54 Å². The maximum absolute atomic E-state index is 5.39. The van der Waals surface area contributed by atoms with Crippen LogP contribution in [0.2, 0.25) is 0 Å². The quantitative estimate of drug-likeness (QED) is 0.623. The second-order valence-electron chi connectivity index (χ2n) is 4.50. The number of nitrogens with one attached hydrogen (secondary N) is 1. The Morgan fingerprint density at radius 3 is 2.83 bits per heavy atom. The number of methoxy groups -OCH3 is 1. The summed E-state index contributed by atoms with van der Waals surface area (Å²) in [7, 11) is 1.68. The minimum atomic E-state index is 0.783. The number of hydrogen-bond donors (Lipinski definition) is 1. The molecule has 0 atom stereocenters. The van der Waals surface area contributed by atoms with Crippen LogP contribution in [0.15, 0.2) is 18.2 Å². The largest absolute Gasteiger partial charge is 0.494 e. The van der Waals surface area contributed by atoms with Crippen molar-refractivity contribution in [1.29, 1.82) is 0 Å². The number of imidazole rings is 1. The summed E-state index contributed by atoms with van der Waals surface area (Å²) >= 11 is 5.39. The number of benzene rings is 1. The van der Waals surface area contributed by atoms with Gasteiger partial charge in [0.05, 0.1) is 12.6 Å². The molecule has 98 valence electrons. The van der Waals surface area contributed by atoms with Crippen LogP contribution in [0.5, 0.6) is 5.75 Å². The van der Waals surface area contributed by atoms with E-state index in [9.17, 15) is 0 Å². The van der Waals surface area contributed by atoms with Crippen LogP contribution in [0.4, 0.5) is 0 Å². The molecule has 2 rings (SSSR count). The van der Waals surface area contributed by atoms with E-state index >= 15 is 0 Å². The van der Waals surface area contributed by atoms with Crippen LogP contribution in [-0.4, -0.2) is 16.7 Å². The summed E-state index contributed by atoms with van der Waals surface area (Å²) in [5, 5.41) is 0. The molecule has 0 aliphatic rings. The summed E-state index contributed by atoms with van der Waals surface area (Å²) in [4.78, 5) is 3.24. The summed E-state index contributed by atoms with van der Waals surface area (Å²) in [6, 6.07) is 6.05. The molecule has 0 fully saturated rings. The van der Waals surface area contributed by atoms with E-state index in [2.05, 4.69) is 22.5 Å². The molecule has 1 N–H and O–H groups in total. The smallest absolute Gasteiger partial charge is 0.178 e. The minimum absolute atomic E-state index is 0.783. The number of hydrogen-bond acceptors (Lipinski definition) is 2. The second-order valence-corrected chi connectivity index (χ2v) is 4.88. The third-order valence-electron chi connectivity index (χ3n) is 3.23. The predicted molar refractivity (Wildman–Crippen MR) is 77.8 cm³/mol. The Kier molecular flexibility index (Phi) is 4.42. The molecule has 0 aliphatic heterocycles. The van der Waals surface area contributed by atoms with E-state index in [1.54, 1.807) is 7.11 Å². The van der Waals surface area contributed by atoms with Crippen molar-refractivity contribution in [2.75, 3.05) is 7.11 Å². The number of H-pyrrole nitrogens is 1. The van der Waals surface area contributed by atoms with E-state index in [-0.39, 0.29) is 0 Å². The van der Waals surface area contributed by atoms with Crippen molar-refractivity contribution in [1.82, 2.24) is 9.55 Å². The van der Waals surface area contributed by atoms with Gasteiger partial charge in [0.25, 0.3) is 0 Å². The van der Waals surface area contributed by atoms with E-state index in [1.807, 2.05) is 12.1 Å². The zero-order chi connectivity index (χ0) is 13.0. The molecule has 0 radical (unpaired) electrons. The van der Waals surface area contributed by atoms with Gasteiger partial charge in [0.1, 0.15) is 11.3 Å². The molecule has 0 amide bonds. The molecule has 0 saturated carbocycles. The van der Waals surface area contributed by atoms with E-state index in [0.717, 1.165) is 28.1 Å². The van der Waals surface area contributed by atoms with Crippen LogP contribution < -0.4 is 4.74 Å². The van der Waals surface area contributed by atoms with Gasteiger partial charge in [-0.2, -0.15) is 0 Å². The first-order valence-electron chi connectivity index (χ1n) is 6.53. The summed E-state index contributed by atoms with van der Waals surface area (Å²) in [5.74, 6) is 0.853. The zero-order valence-electron chi connectivity index (χ0n) is 11.0. The number of rotatable bonds is 6. The first kappa shape index (κ1) is 13.1. The molecule has 2 aromatic rings. The number of aromatic nitrogens is 2. The Morgan fingerprint density at radius 2 is 2.11 bits per heavy atom. The maximum Gasteiger partial charge on any atom is 0.178 e. The van der Waals surface area contributed by atoms with E-state index < -0.39 is 0 Å². The van der Waals surface area contributed by atoms with Gasteiger partial charge in [0.2, 0.25) is 0 Å². The topological polar surface area (TPSA) is 29.9 Å². The molecule has 0 unspecified atom stereocenters. The van der Waals surface area contributed by atoms with Crippen LogP contribution in [-0.2, 0) is 6.54 Å². The molecule has 18 heavy (non-hydrogen) atoms. The number of aromatic amines is 1. The molecule has 1 aromatic heterocycles. The number of nitrogens with zero attached hydrogens (tertiary/aromatic N) is 1. The fraction of sp³-hybridized carbons (Fsp3) is 0.500. The van der Waals surface area contributed by atoms with Gasteiger partial charge in [-0.3, -0.25) is 0 Å². The predicted octanol–water partition coefficient (Wildman–Crippen LogP) is 4.29. The lowest BCUT2D eigenvalue weighted by Gasteiger charge is -2.05. The lowest BCUT2D eigenvalue weighted by Crippen LogP contribution is -1.97. The average Bonchev–Trinajstić information content (AvgIpc) is 2.70. The second kappa shape index (κ2) is 6.05. The maximum atomic E-state index is 5.39. The summed E-state index contributed by atoms with van der Waals surface area (Å²) < 4.78 is 8.30. The first-order valence-corrected chi connectivity index (χ1v) is 6.94. The minimum Gasteiger partial charge on any atom is -0.494 e. The van der Waals surface area contributed by atoms with Crippen molar-refractivity contribution in [3.8, 4) is 5.75 Å². The first-order chi connectivity index (χ1) is 8.77. The van der Waals surface area contributed by atoms with Crippen molar-refractivity contribution in [2.45, 2.75) is 39.2 Å². The third-order valence-corrected chi connectivity index (χ3v) is 3.55. The Hall–Kier alpha value is -1.29. The molecular formula is C14H20N2OS. The summed E-state index contributed by atoms with van der Waals surface area (Å²) in [6.45, 7) is 3.20. The normalized spacial score (nSPS) is 11.0. The van der Waals surface area contributed by atoms with Crippen molar-refractivity contribution in [3.63, 3.8) is 0 Å². The highest BCUT2D eigenvalue weighted by Crippen LogP contribution is 2.24. The molecular weight excluding hydrogens is 244 g/mol. The number of para-hydroxylation sites is 1. The van der Waals surface area contributed by atoms with Gasteiger partial charge >= 0.3 is 0 Å². The lowest BCUT2D eigenvalue weighted by atomic mass is 10.2. The number of unbranched alkanes of at least 4 members (excludes halogenated alkanes) is 3. The summed E-state index contributed by atoms with van der Waals surface area (Å²) in [6.07, 6.45) is 4.98. The summed E-state index contributed by atoms with van der Waals surface area (Å²) in [5.41, 5.74) is 2.14. The Morgan fingerprint density at radius 1 is 1.28 bits per heavy atom. The van der Waals surface area contributed by atoms with E-state index in [0.29, 0.717) is 0 Å². The van der Waals surface area contributed by atoms with Gasteiger partial charge in [0.15, 0.2) is 4.77 Å². The highest BCUT2D eigenvalue weighted by atomic mass is 32.1. The lowest BCUT2D eigenvalue weighted by molar-refractivity contribution is 0.419. The highest BCUT2D eigenvalue weighted by molar-refractivity contribution is 7.71. The van der Waals surface area contributed by atoms with Crippen molar-refractivity contribution < 1.29 is 4.74 Å². The fourth-order valence-corrected chi connectivity index (χ4v) is 2.53. The van der Waals surface area contributed by atoms with E-state index in [1.165, 1.54) is 25.7 Å². The van der Waals surface area contributed by atoms with Crippen LogP contribution in [0.1, 0.15) is 32.6 Å². The Balaban J connectivity index is 2.27. The Bertz CT molecular complexity index is 571. The molecule has 0 spiro atoms. The van der Waals surface area contributed by atoms with Crippen LogP contribution in [0.3, 0.4) is 0 Å². The van der Waals surface area contributed by atoms with Crippen LogP contribution in [0.25, 0.3) is 11.0 Å². The van der Waals surface area contributed by atoms with Crippen LogP contribution >= 0.6 is 12.2 Å². The van der Waals surface area contributed by atoms with Crippen LogP contribution in [0, 0.1) is 4.77 Å². The van der Waals surface area contributed by atoms with Crippen molar-refractivity contribution in [3.05, 3.63) is 23.0 Å². The third kappa shape index (κ3) is 2.58. The number of fused-ring (bicyclic) bond motifs is 1. The van der Waals surface area contributed by atoms with Gasteiger partial charge in [-0.25, -0.2) is 0 Å². The molecule has 1 heterocycles. The van der Waals surface area contributed by atoms with Gasteiger partial charge in [-0.15, -0.1) is 0 Å². The zero-order valence-corrected chi connectivity index (χ0v) is 11.8. The SMILES string of the molecule is CCCCCCn1c(=S)[nH]c2c(OC)cccc21. The monoisotopic (exact) mass is 264 g/mol. The molecule has 3 nitrogen and oxygen atoms in total. The fourth-order valence-electron chi connectivity index (χ4n) is 2.24. The molecule has 0 bridgehead atoms. The van der Waals surface area contributed by atoms with Gasteiger partial charge in [-0.05, 0) is 30.8 Å². The highest BCUT2D eigenvalue weighted by Gasteiger charge is 2.07. The number of ether oxygens (including phenoxy) is 1. The van der Waals surface area contributed by atoms with Gasteiger partial charge in [-0.1, -0.05) is 32.3 Å². The molecule has 0 saturated heterocycles. The molecule has 4 heteroatoms. The standard InChI is InChI=1S/C14H20N2OS/c1-3-4-5-6-10-16-11-8-7-9-12(17-2)13(11)15-14(16)18/h7-9H,3-6,10H2,1-2H3,(H,15,18). The van der Waals surface area contributed by atoms with Crippen molar-refractivity contribution >= 4 is 23.3 Å². The average molecular weight is 264 g/mol. The van der Waals surface area contributed by atoms with Gasteiger partial charge < -0.3 is 14.3 Å². The molecule has 1 aromatic carbocycles. The Labute approximate surface area is 113 Å². The number of aryl methyl sites for hydroxylation is 1.